The first-order valence-electron chi connectivity index (χ1n) is 11.0. The van der Waals surface area contributed by atoms with E-state index in [1.807, 2.05) is 54.6 Å². The fourth-order valence-corrected chi connectivity index (χ4v) is 5.87. The molecular formula is C25H26Cl2N2O4S. The van der Waals surface area contributed by atoms with Gasteiger partial charge in [0.2, 0.25) is 10.0 Å². The summed E-state index contributed by atoms with van der Waals surface area (Å²) in [6.07, 6.45) is 0. The molecule has 0 amide bonds. The van der Waals surface area contributed by atoms with Crippen molar-refractivity contribution in [2.24, 2.45) is 0 Å². The summed E-state index contributed by atoms with van der Waals surface area (Å²) in [7, 11) is -3.91. The molecule has 6 nitrogen and oxygen atoms in total. The summed E-state index contributed by atoms with van der Waals surface area (Å²) in [5.74, 6) is 1.34. The predicted molar refractivity (Wildman–Crippen MR) is 134 cm³/mol. The van der Waals surface area contributed by atoms with Crippen LogP contribution in [0.25, 0.3) is 0 Å². The molecule has 4 rings (SSSR count). The summed E-state index contributed by atoms with van der Waals surface area (Å²) in [6, 6.07) is 21.4. The lowest BCUT2D eigenvalue weighted by molar-refractivity contribution is 0.0361. The number of halogens is 2. The third kappa shape index (κ3) is 6.50. The van der Waals surface area contributed by atoms with Crippen molar-refractivity contribution in [1.82, 2.24) is 9.21 Å². The topological polar surface area (TPSA) is 59.1 Å². The monoisotopic (exact) mass is 520 g/mol. The van der Waals surface area contributed by atoms with E-state index >= 15 is 0 Å². The zero-order valence-corrected chi connectivity index (χ0v) is 20.9. The summed E-state index contributed by atoms with van der Waals surface area (Å²) in [5.41, 5.74) is 0.803. The van der Waals surface area contributed by atoms with Crippen molar-refractivity contribution in [2.45, 2.75) is 11.4 Å². The molecule has 0 bridgehead atoms. The first-order chi connectivity index (χ1) is 16.4. The molecule has 3 aromatic carbocycles. The minimum atomic E-state index is -3.91. The maximum Gasteiger partial charge on any atom is 0.244 e. The average Bonchev–Trinajstić information content (AvgIpc) is 2.84. The van der Waals surface area contributed by atoms with Crippen LogP contribution >= 0.6 is 23.2 Å². The molecule has 1 saturated heterocycles. The highest BCUT2D eigenvalue weighted by molar-refractivity contribution is 7.89. The van der Waals surface area contributed by atoms with E-state index in [1.54, 1.807) is 6.07 Å². The second-order valence-corrected chi connectivity index (χ2v) is 10.7. The van der Waals surface area contributed by atoms with Crippen LogP contribution in [0.1, 0.15) is 5.56 Å². The van der Waals surface area contributed by atoms with Gasteiger partial charge in [-0.15, -0.1) is 0 Å². The third-order valence-corrected chi connectivity index (χ3v) is 8.08. The summed E-state index contributed by atoms with van der Waals surface area (Å²) >= 11 is 12.4. The average molecular weight is 521 g/mol. The Balaban J connectivity index is 1.59. The molecule has 0 saturated carbocycles. The number of sulfonamides is 1. The number of benzene rings is 3. The van der Waals surface area contributed by atoms with Gasteiger partial charge in [-0.1, -0.05) is 53.5 Å². The number of hydrogen-bond acceptors (Lipinski definition) is 5. The highest BCUT2D eigenvalue weighted by Crippen LogP contribution is 2.29. The van der Waals surface area contributed by atoms with Crippen molar-refractivity contribution in [3.05, 3.63) is 88.4 Å². The molecule has 34 heavy (non-hydrogen) atoms. The quantitative estimate of drug-likeness (QED) is 0.382. The second kappa shape index (κ2) is 11.5. The zero-order valence-electron chi connectivity index (χ0n) is 18.6. The molecule has 0 atom stereocenters. The molecule has 1 fully saturated rings. The fraction of sp³-hybridized carbons (Fsp3) is 0.280. The van der Waals surface area contributed by atoms with Crippen LogP contribution in [0.3, 0.4) is 0 Å². The SMILES string of the molecule is O=S(=O)(c1cc(Cl)ccc1Cl)N(CCN1CCOCC1)Cc1cccc(Oc2ccccc2)c1. The number of hydrogen-bond donors (Lipinski definition) is 0. The van der Waals surface area contributed by atoms with E-state index in [0.29, 0.717) is 42.8 Å². The minimum absolute atomic E-state index is 0.000310. The molecule has 0 spiro atoms. The number of morpholine rings is 1. The summed E-state index contributed by atoms with van der Waals surface area (Å²) in [5, 5.41) is 0.455. The molecule has 0 aromatic heterocycles. The molecule has 0 N–H and O–H groups in total. The Hall–Kier alpha value is -2.13. The van der Waals surface area contributed by atoms with Gasteiger partial charge >= 0.3 is 0 Å². The number of ether oxygens (including phenoxy) is 2. The molecule has 0 unspecified atom stereocenters. The minimum Gasteiger partial charge on any atom is -0.457 e. The van der Waals surface area contributed by atoms with Gasteiger partial charge in [-0.05, 0) is 48.0 Å². The van der Waals surface area contributed by atoms with E-state index in [9.17, 15) is 8.42 Å². The lowest BCUT2D eigenvalue weighted by Crippen LogP contribution is -2.42. The van der Waals surface area contributed by atoms with Crippen molar-refractivity contribution in [3.63, 3.8) is 0 Å². The zero-order chi connectivity index (χ0) is 24.0. The Kier molecular flexibility index (Phi) is 8.47. The fourth-order valence-electron chi connectivity index (χ4n) is 3.71. The van der Waals surface area contributed by atoms with Crippen molar-refractivity contribution in [2.75, 3.05) is 39.4 Å². The van der Waals surface area contributed by atoms with Crippen LogP contribution in [0.2, 0.25) is 10.0 Å². The van der Waals surface area contributed by atoms with E-state index in [4.69, 9.17) is 32.7 Å². The third-order valence-electron chi connectivity index (χ3n) is 5.52. The van der Waals surface area contributed by atoms with Gasteiger partial charge in [-0.2, -0.15) is 4.31 Å². The van der Waals surface area contributed by atoms with Crippen molar-refractivity contribution < 1.29 is 17.9 Å². The Labute approximate surface area is 210 Å². The Bertz CT molecular complexity index is 1200. The highest BCUT2D eigenvalue weighted by atomic mass is 35.5. The van der Waals surface area contributed by atoms with E-state index < -0.39 is 10.0 Å². The molecule has 3 aromatic rings. The van der Waals surface area contributed by atoms with Crippen molar-refractivity contribution in [1.29, 1.82) is 0 Å². The van der Waals surface area contributed by atoms with Crippen LogP contribution in [0.4, 0.5) is 0 Å². The molecular weight excluding hydrogens is 495 g/mol. The van der Waals surface area contributed by atoms with Crippen LogP contribution in [0.5, 0.6) is 11.5 Å². The predicted octanol–water partition coefficient (Wildman–Crippen LogP) is 5.31. The number of para-hydroxylation sites is 1. The molecule has 180 valence electrons. The summed E-state index contributed by atoms with van der Waals surface area (Å²) in [4.78, 5) is 2.20. The second-order valence-electron chi connectivity index (χ2n) is 7.93. The standard InChI is InChI=1S/C25H26Cl2N2O4S/c26-21-9-10-24(27)25(18-21)34(30,31)29(12-11-28-13-15-32-16-14-28)19-20-5-4-8-23(17-20)33-22-6-2-1-3-7-22/h1-10,17-18H,11-16,19H2. The van der Waals surface area contributed by atoms with Crippen LogP contribution in [-0.2, 0) is 21.3 Å². The molecule has 9 heteroatoms. The van der Waals surface area contributed by atoms with E-state index in [-0.39, 0.29) is 16.5 Å². The van der Waals surface area contributed by atoms with Gasteiger partial charge in [0.15, 0.2) is 0 Å². The van der Waals surface area contributed by atoms with Gasteiger partial charge in [0.25, 0.3) is 0 Å². The Morgan fingerprint density at radius 1 is 0.912 bits per heavy atom. The normalized spacial score (nSPS) is 14.9. The molecule has 0 radical (unpaired) electrons. The van der Waals surface area contributed by atoms with Gasteiger partial charge in [-0.3, -0.25) is 4.90 Å². The van der Waals surface area contributed by atoms with Crippen LogP contribution in [0.15, 0.2) is 77.7 Å². The number of rotatable bonds is 9. The van der Waals surface area contributed by atoms with Crippen LogP contribution < -0.4 is 4.74 Å². The van der Waals surface area contributed by atoms with Crippen LogP contribution in [-0.4, -0.2) is 57.0 Å². The highest BCUT2D eigenvalue weighted by Gasteiger charge is 2.28. The molecule has 1 aliphatic heterocycles. The summed E-state index contributed by atoms with van der Waals surface area (Å²) in [6.45, 7) is 3.88. The first-order valence-corrected chi connectivity index (χ1v) is 13.2. The van der Waals surface area contributed by atoms with E-state index in [1.165, 1.54) is 16.4 Å². The first kappa shape index (κ1) is 25.0. The van der Waals surface area contributed by atoms with Gasteiger partial charge in [0, 0.05) is 37.7 Å². The Morgan fingerprint density at radius 2 is 1.65 bits per heavy atom. The summed E-state index contributed by atoms with van der Waals surface area (Å²) < 4.78 is 40.1. The smallest absolute Gasteiger partial charge is 0.244 e. The molecule has 1 heterocycles. The Morgan fingerprint density at radius 3 is 2.41 bits per heavy atom. The maximum absolute atomic E-state index is 13.7. The van der Waals surface area contributed by atoms with Crippen molar-refractivity contribution >= 4 is 33.2 Å². The largest absolute Gasteiger partial charge is 0.457 e. The van der Waals surface area contributed by atoms with Crippen LogP contribution in [0, 0.1) is 0 Å². The van der Waals surface area contributed by atoms with E-state index in [2.05, 4.69) is 4.90 Å². The lowest BCUT2D eigenvalue weighted by Gasteiger charge is -2.30. The van der Waals surface area contributed by atoms with Gasteiger partial charge in [0.1, 0.15) is 16.4 Å². The van der Waals surface area contributed by atoms with E-state index in [0.717, 1.165) is 18.7 Å². The maximum atomic E-state index is 13.7. The van der Waals surface area contributed by atoms with Crippen molar-refractivity contribution in [3.8, 4) is 11.5 Å². The molecule has 1 aliphatic rings. The lowest BCUT2D eigenvalue weighted by atomic mass is 10.2. The number of nitrogens with zero attached hydrogens (tertiary/aromatic N) is 2. The van der Waals surface area contributed by atoms with Gasteiger partial charge < -0.3 is 9.47 Å². The van der Waals surface area contributed by atoms with Gasteiger partial charge in [0.05, 0.1) is 18.2 Å². The van der Waals surface area contributed by atoms with Gasteiger partial charge in [-0.25, -0.2) is 8.42 Å². The molecule has 0 aliphatic carbocycles.